The van der Waals surface area contributed by atoms with Gasteiger partial charge in [-0.05, 0) is 67.5 Å². The second kappa shape index (κ2) is 14.2. The minimum absolute atomic E-state index is 0.150. The van der Waals surface area contributed by atoms with Crippen molar-refractivity contribution in [1.29, 1.82) is 0 Å². The lowest BCUT2D eigenvalue weighted by Gasteiger charge is -2.27. The van der Waals surface area contributed by atoms with Crippen LogP contribution in [-0.4, -0.2) is 43.9 Å². The topological polar surface area (TPSA) is 92.1 Å². The summed E-state index contributed by atoms with van der Waals surface area (Å²) in [7, 11) is 1.98. The molecule has 0 bridgehead atoms. The molecule has 0 aromatic carbocycles. The SMILES string of the molecule is CC.CCC/C=C(/C(=C\c1cnc(NC(=O)C2CC2F)cc1C)C1=CNC(C(O)CC)C=C1C)c1nccn1C. The number of hydrogen-bond acceptors (Lipinski definition) is 5. The van der Waals surface area contributed by atoms with Gasteiger partial charge in [0.1, 0.15) is 17.8 Å². The Kier molecular flexibility index (Phi) is 11.0. The highest BCUT2D eigenvalue weighted by Gasteiger charge is 2.43. The van der Waals surface area contributed by atoms with Gasteiger partial charge in [0.25, 0.3) is 0 Å². The van der Waals surface area contributed by atoms with Gasteiger partial charge in [0, 0.05) is 43.0 Å². The molecule has 1 aliphatic carbocycles. The smallest absolute Gasteiger partial charge is 0.231 e. The molecule has 3 N–H and O–H groups in total. The van der Waals surface area contributed by atoms with E-state index in [4.69, 9.17) is 0 Å². The summed E-state index contributed by atoms with van der Waals surface area (Å²) in [5.41, 5.74) is 5.89. The monoisotopic (exact) mass is 549 g/mol. The second-order valence-electron chi connectivity index (χ2n) is 10.2. The van der Waals surface area contributed by atoms with Crippen molar-refractivity contribution in [3.8, 4) is 0 Å². The predicted molar refractivity (Wildman–Crippen MR) is 161 cm³/mol. The normalized spacial score (nSPS) is 21.4. The number of imidazole rings is 1. The molecule has 2 aromatic rings. The number of rotatable bonds is 10. The number of amides is 1. The average Bonchev–Trinajstić information content (AvgIpc) is 3.55. The van der Waals surface area contributed by atoms with Gasteiger partial charge in [-0.15, -0.1) is 0 Å². The van der Waals surface area contributed by atoms with Crippen LogP contribution in [0.3, 0.4) is 0 Å². The summed E-state index contributed by atoms with van der Waals surface area (Å²) in [6, 6.07) is 1.67. The molecule has 4 rings (SSSR count). The van der Waals surface area contributed by atoms with Crippen molar-refractivity contribution in [2.75, 3.05) is 5.32 Å². The first-order valence-electron chi connectivity index (χ1n) is 14.4. The minimum atomic E-state index is -1.05. The Morgan fingerprint density at radius 1 is 1.27 bits per heavy atom. The van der Waals surface area contributed by atoms with E-state index in [2.05, 4.69) is 52.7 Å². The molecule has 1 amide bonds. The fraction of sp³-hybridized carbons (Fsp3) is 0.469. The first-order valence-corrected chi connectivity index (χ1v) is 14.4. The average molecular weight is 550 g/mol. The van der Waals surface area contributed by atoms with E-state index in [1.165, 1.54) is 0 Å². The van der Waals surface area contributed by atoms with Crippen LogP contribution in [0.15, 0.2) is 59.7 Å². The van der Waals surface area contributed by atoms with Gasteiger partial charge in [-0.3, -0.25) is 4.79 Å². The van der Waals surface area contributed by atoms with E-state index in [1.807, 2.05) is 57.8 Å². The molecular weight excluding hydrogens is 505 g/mol. The van der Waals surface area contributed by atoms with Gasteiger partial charge in [-0.25, -0.2) is 14.4 Å². The lowest BCUT2D eigenvalue weighted by atomic mass is 9.87. The van der Waals surface area contributed by atoms with Crippen molar-refractivity contribution in [1.82, 2.24) is 19.9 Å². The fourth-order valence-corrected chi connectivity index (χ4v) is 4.60. The summed E-state index contributed by atoms with van der Waals surface area (Å²) in [6.07, 6.45) is 15.1. The van der Waals surface area contributed by atoms with Crippen LogP contribution in [0.5, 0.6) is 0 Å². The maximum atomic E-state index is 13.3. The molecule has 2 aliphatic rings. The molecule has 1 saturated carbocycles. The summed E-state index contributed by atoms with van der Waals surface area (Å²) >= 11 is 0. The van der Waals surface area contributed by atoms with E-state index in [1.54, 1.807) is 12.4 Å². The Morgan fingerprint density at radius 2 is 2.00 bits per heavy atom. The third-order valence-corrected chi connectivity index (χ3v) is 7.14. The van der Waals surface area contributed by atoms with Crippen molar-refractivity contribution in [3.63, 3.8) is 0 Å². The first kappa shape index (κ1) is 31.0. The van der Waals surface area contributed by atoms with Crippen LogP contribution < -0.4 is 10.6 Å². The number of aryl methyl sites for hydroxylation is 2. The van der Waals surface area contributed by atoms with Gasteiger partial charge in [0.05, 0.1) is 18.1 Å². The zero-order valence-electron chi connectivity index (χ0n) is 24.8. The number of aliphatic hydroxyl groups is 1. The molecule has 3 heterocycles. The van der Waals surface area contributed by atoms with Gasteiger partial charge < -0.3 is 20.3 Å². The number of hydrogen-bond donors (Lipinski definition) is 3. The number of carbonyl (C=O) groups excluding carboxylic acids is 1. The number of anilines is 1. The van der Waals surface area contributed by atoms with Crippen molar-refractivity contribution in [3.05, 3.63) is 76.7 Å². The highest BCUT2D eigenvalue weighted by Crippen LogP contribution is 2.36. The minimum Gasteiger partial charge on any atom is -0.391 e. The molecule has 4 atom stereocenters. The van der Waals surface area contributed by atoms with Crippen molar-refractivity contribution >= 4 is 23.4 Å². The third-order valence-electron chi connectivity index (χ3n) is 7.14. The summed E-state index contributed by atoms with van der Waals surface area (Å²) in [4.78, 5) is 21.3. The lowest BCUT2D eigenvalue weighted by molar-refractivity contribution is -0.117. The maximum absolute atomic E-state index is 13.3. The van der Waals surface area contributed by atoms with Gasteiger partial charge >= 0.3 is 0 Å². The number of pyridine rings is 1. The maximum Gasteiger partial charge on any atom is 0.231 e. The molecule has 216 valence electrons. The highest BCUT2D eigenvalue weighted by molar-refractivity contribution is 5.94. The molecule has 2 aromatic heterocycles. The fourth-order valence-electron chi connectivity index (χ4n) is 4.60. The van der Waals surface area contributed by atoms with Crippen LogP contribution in [-0.2, 0) is 11.8 Å². The third kappa shape index (κ3) is 7.36. The number of nitrogens with zero attached hydrogens (tertiary/aromatic N) is 3. The van der Waals surface area contributed by atoms with Gasteiger partial charge in [-0.1, -0.05) is 46.3 Å². The second-order valence-corrected chi connectivity index (χ2v) is 10.2. The summed E-state index contributed by atoms with van der Waals surface area (Å²) in [6.45, 7) is 12.1. The molecule has 8 heteroatoms. The van der Waals surface area contributed by atoms with Crippen molar-refractivity contribution < 1.29 is 14.3 Å². The van der Waals surface area contributed by atoms with E-state index in [9.17, 15) is 14.3 Å². The number of halogens is 1. The van der Waals surface area contributed by atoms with Crippen LogP contribution in [0.1, 0.15) is 77.3 Å². The summed E-state index contributed by atoms with van der Waals surface area (Å²) in [5, 5.41) is 16.5. The Balaban J connectivity index is 0.00000216. The predicted octanol–water partition coefficient (Wildman–Crippen LogP) is 6.29. The molecule has 7 nitrogen and oxygen atoms in total. The Bertz CT molecular complexity index is 1310. The van der Waals surface area contributed by atoms with E-state index in [0.29, 0.717) is 12.2 Å². The molecule has 4 unspecified atom stereocenters. The Hall–Kier alpha value is -3.52. The van der Waals surface area contributed by atoms with Gasteiger partial charge in [-0.2, -0.15) is 0 Å². The zero-order valence-corrected chi connectivity index (χ0v) is 24.8. The molecule has 1 aliphatic heterocycles. The molecule has 0 radical (unpaired) electrons. The van der Waals surface area contributed by atoms with Crippen LogP contribution >= 0.6 is 0 Å². The molecule has 0 spiro atoms. The molecule has 0 saturated heterocycles. The molecular formula is C32H44FN5O2. The Labute approximate surface area is 238 Å². The quantitative estimate of drug-likeness (QED) is 0.303. The summed E-state index contributed by atoms with van der Waals surface area (Å²) in [5.74, 6) is 0.384. The number of carbonyl (C=O) groups is 1. The Morgan fingerprint density at radius 3 is 2.55 bits per heavy atom. The zero-order chi connectivity index (χ0) is 29.4. The molecule has 1 fully saturated rings. The standard InChI is InChI=1S/C30H38FN5O2.C2H6/c1-6-8-9-21(29-32-10-11-36(29)5)22(24-17-33-26(12-19(24)4)27(37)7-2)14-20-16-34-28(13-18(20)3)35-30(38)23-15-25(23)31;1-2/h9-14,16-17,23,25-27,33,37H,6-8,15H2,1-5H3,(H,34,35,38);1-2H3/b21-9-,22-14+;. The number of aliphatic hydroxyl groups excluding tert-OH is 1. The van der Waals surface area contributed by atoms with E-state index in [-0.39, 0.29) is 18.4 Å². The number of dihydropyridines is 1. The van der Waals surface area contributed by atoms with E-state index < -0.39 is 18.2 Å². The number of alkyl halides is 1. The van der Waals surface area contributed by atoms with E-state index in [0.717, 1.165) is 52.1 Å². The van der Waals surface area contributed by atoms with Crippen LogP contribution in [0.4, 0.5) is 10.2 Å². The lowest BCUT2D eigenvalue weighted by Crippen LogP contribution is -2.37. The van der Waals surface area contributed by atoms with Crippen molar-refractivity contribution in [2.45, 2.75) is 85.5 Å². The number of unbranched alkanes of at least 4 members (excludes halogenated alkanes) is 1. The van der Waals surface area contributed by atoms with Gasteiger partial charge in [0.2, 0.25) is 5.91 Å². The summed E-state index contributed by atoms with van der Waals surface area (Å²) < 4.78 is 15.3. The van der Waals surface area contributed by atoms with E-state index >= 15 is 0 Å². The number of allylic oxidation sites excluding steroid dienone is 5. The number of nitrogens with one attached hydrogen (secondary N) is 2. The number of aromatic nitrogens is 3. The molecule has 40 heavy (non-hydrogen) atoms. The van der Waals surface area contributed by atoms with Crippen LogP contribution in [0, 0.1) is 12.8 Å². The largest absolute Gasteiger partial charge is 0.391 e. The van der Waals surface area contributed by atoms with Crippen LogP contribution in [0.25, 0.3) is 11.6 Å². The van der Waals surface area contributed by atoms with Gasteiger partial charge in [0.15, 0.2) is 0 Å². The van der Waals surface area contributed by atoms with Crippen molar-refractivity contribution in [2.24, 2.45) is 13.0 Å². The first-order chi connectivity index (χ1) is 19.2. The van der Waals surface area contributed by atoms with Crippen LogP contribution in [0.2, 0.25) is 0 Å². The highest BCUT2D eigenvalue weighted by atomic mass is 19.1.